The predicted molar refractivity (Wildman–Crippen MR) is 63.8 cm³/mol. The first kappa shape index (κ1) is 13.5. The molecule has 4 nitrogen and oxygen atoms in total. The van der Waals surface area contributed by atoms with Gasteiger partial charge in [-0.1, -0.05) is 6.92 Å². The lowest BCUT2D eigenvalue weighted by Crippen LogP contribution is -2.43. The highest BCUT2D eigenvalue weighted by Crippen LogP contribution is 2.29. The van der Waals surface area contributed by atoms with E-state index in [2.05, 4.69) is 6.92 Å². The standard InChI is InChI=1S/C12H24N2O2/c1-3-14(6-7-15)12(16)10-4-5-11(13)9(2)8-10/h9-11,15H,3-8,13H2,1-2H3. The van der Waals surface area contributed by atoms with Crippen LogP contribution in [0.5, 0.6) is 0 Å². The molecule has 1 rings (SSSR count). The van der Waals surface area contributed by atoms with Gasteiger partial charge >= 0.3 is 0 Å². The van der Waals surface area contributed by atoms with Crippen LogP contribution in [0.15, 0.2) is 0 Å². The van der Waals surface area contributed by atoms with Crippen LogP contribution >= 0.6 is 0 Å². The van der Waals surface area contributed by atoms with Crippen molar-refractivity contribution in [1.29, 1.82) is 0 Å². The summed E-state index contributed by atoms with van der Waals surface area (Å²) in [7, 11) is 0. The van der Waals surface area contributed by atoms with Crippen molar-refractivity contribution in [2.45, 2.75) is 39.2 Å². The minimum Gasteiger partial charge on any atom is -0.395 e. The van der Waals surface area contributed by atoms with Crippen LogP contribution in [0.3, 0.4) is 0 Å². The van der Waals surface area contributed by atoms with E-state index in [0.29, 0.717) is 19.0 Å². The first-order valence-electron chi connectivity index (χ1n) is 6.25. The number of hydrogen-bond donors (Lipinski definition) is 2. The van der Waals surface area contributed by atoms with E-state index in [0.717, 1.165) is 19.3 Å². The van der Waals surface area contributed by atoms with E-state index in [9.17, 15) is 4.79 Å². The van der Waals surface area contributed by atoms with Crippen LogP contribution in [0.2, 0.25) is 0 Å². The minimum absolute atomic E-state index is 0.0430. The lowest BCUT2D eigenvalue weighted by molar-refractivity contribution is -0.137. The molecule has 0 heterocycles. The SMILES string of the molecule is CCN(CCO)C(=O)C1CCC(N)C(C)C1. The summed E-state index contributed by atoms with van der Waals surface area (Å²) in [5.41, 5.74) is 5.94. The summed E-state index contributed by atoms with van der Waals surface area (Å²) in [6.07, 6.45) is 2.72. The van der Waals surface area contributed by atoms with Gasteiger partial charge in [-0.3, -0.25) is 4.79 Å². The predicted octanol–water partition coefficient (Wildman–Crippen LogP) is 0.591. The van der Waals surface area contributed by atoms with Gasteiger partial charge in [0, 0.05) is 25.0 Å². The van der Waals surface area contributed by atoms with E-state index in [-0.39, 0.29) is 24.5 Å². The maximum atomic E-state index is 12.1. The second-order valence-electron chi connectivity index (χ2n) is 4.79. The summed E-state index contributed by atoms with van der Waals surface area (Å²) in [6.45, 7) is 5.24. The van der Waals surface area contributed by atoms with Gasteiger partial charge in [0.2, 0.25) is 5.91 Å². The Morgan fingerprint density at radius 2 is 2.19 bits per heavy atom. The van der Waals surface area contributed by atoms with E-state index in [4.69, 9.17) is 10.8 Å². The Balaban J connectivity index is 2.53. The van der Waals surface area contributed by atoms with Crippen molar-refractivity contribution in [2.24, 2.45) is 17.6 Å². The van der Waals surface area contributed by atoms with Gasteiger partial charge in [0.15, 0.2) is 0 Å². The zero-order valence-electron chi connectivity index (χ0n) is 10.4. The molecule has 0 bridgehead atoms. The van der Waals surface area contributed by atoms with Crippen molar-refractivity contribution >= 4 is 5.91 Å². The average Bonchev–Trinajstić information content (AvgIpc) is 2.28. The second-order valence-corrected chi connectivity index (χ2v) is 4.79. The number of aliphatic hydroxyl groups excluding tert-OH is 1. The number of hydrogen-bond acceptors (Lipinski definition) is 3. The topological polar surface area (TPSA) is 66.6 Å². The van der Waals surface area contributed by atoms with Gasteiger partial charge < -0.3 is 15.7 Å². The maximum absolute atomic E-state index is 12.1. The third-order valence-corrected chi connectivity index (χ3v) is 3.65. The average molecular weight is 228 g/mol. The zero-order valence-corrected chi connectivity index (χ0v) is 10.4. The van der Waals surface area contributed by atoms with Crippen molar-refractivity contribution in [1.82, 2.24) is 4.90 Å². The molecule has 0 saturated heterocycles. The molecular weight excluding hydrogens is 204 g/mol. The summed E-state index contributed by atoms with van der Waals surface area (Å²) >= 11 is 0. The van der Waals surface area contributed by atoms with Gasteiger partial charge in [0.05, 0.1) is 6.61 Å². The van der Waals surface area contributed by atoms with Crippen molar-refractivity contribution in [3.63, 3.8) is 0 Å². The van der Waals surface area contributed by atoms with E-state index in [1.807, 2.05) is 6.92 Å². The number of aliphatic hydroxyl groups is 1. The van der Waals surface area contributed by atoms with Crippen LogP contribution in [-0.2, 0) is 4.79 Å². The highest BCUT2D eigenvalue weighted by molar-refractivity contribution is 5.79. The lowest BCUT2D eigenvalue weighted by atomic mass is 9.79. The number of rotatable bonds is 4. The first-order chi connectivity index (χ1) is 7.60. The number of carbonyl (C=O) groups is 1. The van der Waals surface area contributed by atoms with Crippen LogP contribution in [0.4, 0.5) is 0 Å². The number of amides is 1. The molecule has 1 fully saturated rings. The molecule has 16 heavy (non-hydrogen) atoms. The quantitative estimate of drug-likeness (QED) is 0.740. The van der Waals surface area contributed by atoms with E-state index < -0.39 is 0 Å². The monoisotopic (exact) mass is 228 g/mol. The molecule has 1 aliphatic carbocycles. The van der Waals surface area contributed by atoms with E-state index >= 15 is 0 Å². The van der Waals surface area contributed by atoms with Crippen molar-refractivity contribution in [3.8, 4) is 0 Å². The van der Waals surface area contributed by atoms with Gasteiger partial charge in [-0.15, -0.1) is 0 Å². The second kappa shape index (κ2) is 6.21. The Labute approximate surface area is 97.8 Å². The molecule has 3 N–H and O–H groups in total. The van der Waals surface area contributed by atoms with E-state index in [1.165, 1.54) is 0 Å². The molecule has 3 unspecified atom stereocenters. The molecule has 0 radical (unpaired) electrons. The number of nitrogens with two attached hydrogens (primary N) is 1. The molecule has 0 spiro atoms. The van der Waals surface area contributed by atoms with Gasteiger partial charge in [-0.25, -0.2) is 0 Å². The molecule has 3 atom stereocenters. The van der Waals surface area contributed by atoms with Crippen LogP contribution in [0, 0.1) is 11.8 Å². The Morgan fingerprint density at radius 1 is 1.50 bits per heavy atom. The molecule has 0 aromatic heterocycles. The molecule has 94 valence electrons. The fourth-order valence-corrected chi connectivity index (χ4v) is 2.45. The fraction of sp³-hybridized carbons (Fsp3) is 0.917. The third-order valence-electron chi connectivity index (χ3n) is 3.65. The molecule has 4 heteroatoms. The van der Waals surface area contributed by atoms with Crippen LogP contribution < -0.4 is 5.73 Å². The zero-order chi connectivity index (χ0) is 12.1. The van der Waals surface area contributed by atoms with Crippen LogP contribution in [0.1, 0.15) is 33.1 Å². The Kier molecular flexibility index (Phi) is 5.22. The number of carbonyl (C=O) groups excluding carboxylic acids is 1. The molecule has 1 saturated carbocycles. The van der Waals surface area contributed by atoms with Crippen LogP contribution in [-0.4, -0.2) is 41.7 Å². The van der Waals surface area contributed by atoms with Gasteiger partial charge in [-0.2, -0.15) is 0 Å². The number of nitrogens with zero attached hydrogens (tertiary/aromatic N) is 1. The molecule has 0 aromatic carbocycles. The van der Waals surface area contributed by atoms with Gasteiger partial charge in [0.1, 0.15) is 0 Å². The normalized spacial score (nSPS) is 30.1. The largest absolute Gasteiger partial charge is 0.395 e. The molecule has 0 aromatic rings. The van der Waals surface area contributed by atoms with Gasteiger partial charge in [-0.05, 0) is 32.1 Å². The lowest BCUT2D eigenvalue weighted by Gasteiger charge is -2.34. The van der Waals surface area contributed by atoms with E-state index in [1.54, 1.807) is 4.90 Å². The van der Waals surface area contributed by atoms with Crippen LogP contribution in [0.25, 0.3) is 0 Å². The highest BCUT2D eigenvalue weighted by atomic mass is 16.3. The summed E-state index contributed by atoms with van der Waals surface area (Å²) < 4.78 is 0. The smallest absolute Gasteiger partial charge is 0.225 e. The van der Waals surface area contributed by atoms with Crippen molar-refractivity contribution < 1.29 is 9.90 Å². The maximum Gasteiger partial charge on any atom is 0.225 e. The molecule has 0 aliphatic heterocycles. The van der Waals surface area contributed by atoms with Crippen molar-refractivity contribution in [2.75, 3.05) is 19.7 Å². The van der Waals surface area contributed by atoms with Gasteiger partial charge in [0.25, 0.3) is 0 Å². The summed E-state index contributed by atoms with van der Waals surface area (Å²) in [5.74, 6) is 0.729. The highest BCUT2D eigenvalue weighted by Gasteiger charge is 2.31. The minimum atomic E-state index is 0.0430. The van der Waals surface area contributed by atoms with Crippen molar-refractivity contribution in [3.05, 3.63) is 0 Å². The fourth-order valence-electron chi connectivity index (χ4n) is 2.45. The number of likely N-dealkylation sites (N-methyl/N-ethyl adjacent to an activating group) is 1. The molecule has 1 amide bonds. The Morgan fingerprint density at radius 3 is 2.69 bits per heavy atom. The molecular formula is C12H24N2O2. The summed E-state index contributed by atoms with van der Waals surface area (Å²) in [4.78, 5) is 13.9. The Bertz CT molecular complexity index is 233. The summed E-state index contributed by atoms with van der Waals surface area (Å²) in [6, 6.07) is 0.247. The summed E-state index contributed by atoms with van der Waals surface area (Å²) in [5, 5.41) is 8.90. The Hall–Kier alpha value is -0.610. The first-order valence-corrected chi connectivity index (χ1v) is 6.25. The molecule has 1 aliphatic rings. The third kappa shape index (κ3) is 3.19.